The molecule has 0 spiro atoms. The lowest BCUT2D eigenvalue weighted by molar-refractivity contribution is -0.138. The summed E-state index contributed by atoms with van der Waals surface area (Å²) in [5.41, 5.74) is 7.55. The first-order chi connectivity index (χ1) is 14.0. The highest BCUT2D eigenvalue weighted by Gasteiger charge is 2.14. The summed E-state index contributed by atoms with van der Waals surface area (Å²) in [5, 5.41) is 11.5. The fourth-order valence-electron chi connectivity index (χ4n) is 2.39. The number of benzene rings is 2. The van der Waals surface area contributed by atoms with Gasteiger partial charge in [-0.15, -0.1) is 36.4 Å². The van der Waals surface area contributed by atoms with E-state index in [9.17, 15) is 9.59 Å². The van der Waals surface area contributed by atoms with Crippen molar-refractivity contribution in [3.63, 3.8) is 0 Å². The third-order valence-corrected chi connectivity index (χ3v) is 4.19. The molecule has 2 rings (SSSR count). The smallest absolute Gasteiger partial charge is 0.310 e. The maximum atomic E-state index is 11.7. The number of carbonyl (C=O) groups is 2. The van der Waals surface area contributed by atoms with Crippen molar-refractivity contribution in [1.82, 2.24) is 5.32 Å². The topological polar surface area (TPSA) is 92.4 Å². The molecule has 5 nitrogen and oxygen atoms in total. The number of rotatable bonds is 8. The summed E-state index contributed by atoms with van der Waals surface area (Å²) in [6.45, 7) is 4.53. The molecule has 0 heterocycles. The van der Waals surface area contributed by atoms with Gasteiger partial charge >= 0.3 is 5.97 Å². The molecule has 2 atom stereocenters. The predicted octanol–water partition coefficient (Wildman–Crippen LogP) is 6.68. The number of amides is 1. The lowest BCUT2D eigenvalue weighted by Gasteiger charge is -2.12. The number of carboxylic acids is 1. The molecule has 0 aliphatic carbocycles. The molecule has 0 radical (unpaired) electrons. The predicted molar refractivity (Wildman–Crippen MR) is 159 cm³/mol. The molecular formula is C22H32ClI3N2O3. The molecule has 0 saturated carbocycles. The van der Waals surface area contributed by atoms with E-state index >= 15 is 0 Å². The van der Waals surface area contributed by atoms with Gasteiger partial charge in [0.15, 0.2) is 0 Å². The van der Waals surface area contributed by atoms with Gasteiger partial charge in [-0.3, -0.25) is 9.59 Å². The highest BCUT2D eigenvalue weighted by atomic mass is 128. The van der Waals surface area contributed by atoms with Gasteiger partial charge in [0.2, 0.25) is 5.91 Å². The highest BCUT2D eigenvalue weighted by Crippen LogP contribution is 2.13. The third kappa shape index (κ3) is 16.1. The number of nitrogens with two attached hydrogens (primary N) is 1. The van der Waals surface area contributed by atoms with Crippen molar-refractivity contribution < 1.29 is 14.7 Å². The van der Waals surface area contributed by atoms with E-state index in [1.54, 1.807) is 6.92 Å². The van der Waals surface area contributed by atoms with Crippen LogP contribution in [0.25, 0.3) is 0 Å². The van der Waals surface area contributed by atoms with Crippen LogP contribution in [0.3, 0.4) is 0 Å². The van der Waals surface area contributed by atoms with E-state index in [2.05, 4.69) is 49.5 Å². The summed E-state index contributed by atoms with van der Waals surface area (Å²) in [7, 11) is 0. The molecule has 0 saturated heterocycles. The van der Waals surface area contributed by atoms with E-state index in [4.69, 9.17) is 10.8 Å². The fourth-order valence-corrected chi connectivity index (χ4v) is 2.39. The first-order valence-corrected chi connectivity index (χ1v) is 15.8. The van der Waals surface area contributed by atoms with Crippen LogP contribution in [0.5, 0.6) is 0 Å². The van der Waals surface area contributed by atoms with E-state index in [0.717, 1.165) is 30.4 Å². The standard InChI is InChI=1S/C13H20N2O.C9H10O2.ClH.I2.HI/c1-2-3-7-10-15-13(16)12(14)11-8-5-4-6-9-11;1-7(9(10)11)8-5-3-2-4-6-8;;1-2;/h4-6,8-9,12H,2-3,7,10,14H2,1H3,(H,15,16);2-7H,1H3,(H,10,11);1H;;1H/t12-;7-;;;/m00.../s1. The highest BCUT2D eigenvalue weighted by molar-refractivity contribution is 15.0. The monoisotopic (exact) mass is 788 g/mol. The zero-order valence-electron chi connectivity index (χ0n) is 17.7. The first kappa shape index (κ1) is 35.4. The van der Waals surface area contributed by atoms with Crippen LogP contribution in [0.15, 0.2) is 60.7 Å². The van der Waals surface area contributed by atoms with Gasteiger partial charge in [0.05, 0.1) is 5.92 Å². The summed E-state index contributed by atoms with van der Waals surface area (Å²) < 4.78 is 0. The molecule has 1 amide bonds. The number of carboxylic acid groups (broad SMARTS) is 1. The number of halogens is 4. The fraction of sp³-hybridized carbons (Fsp3) is 0.364. The summed E-state index contributed by atoms with van der Waals surface area (Å²) in [5.74, 6) is -1.28. The molecule has 9 heteroatoms. The van der Waals surface area contributed by atoms with Crippen molar-refractivity contribution in [2.45, 2.75) is 45.1 Å². The number of nitrogens with one attached hydrogen (secondary N) is 1. The van der Waals surface area contributed by atoms with E-state index < -0.39 is 17.9 Å². The second-order valence-electron chi connectivity index (χ2n) is 6.36. The van der Waals surface area contributed by atoms with Crippen LogP contribution >= 0.6 is 73.6 Å². The zero-order valence-corrected chi connectivity index (χ0v) is 25.1. The minimum Gasteiger partial charge on any atom is -0.481 e. The number of hydrogen-bond acceptors (Lipinski definition) is 3. The summed E-state index contributed by atoms with van der Waals surface area (Å²) in [6, 6.07) is 18.1. The molecule has 0 aliphatic rings. The lowest BCUT2D eigenvalue weighted by Crippen LogP contribution is -2.34. The average Bonchev–Trinajstić information content (AvgIpc) is 2.78. The van der Waals surface area contributed by atoms with Crippen molar-refractivity contribution >= 4 is 85.5 Å². The van der Waals surface area contributed by atoms with Gasteiger partial charge in [-0.25, -0.2) is 0 Å². The van der Waals surface area contributed by atoms with E-state index in [-0.39, 0.29) is 42.3 Å². The van der Waals surface area contributed by atoms with Crippen LogP contribution in [0, 0.1) is 0 Å². The normalized spacial score (nSPS) is 10.9. The molecule has 176 valence electrons. The van der Waals surface area contributed by atoms with Crippen LogP contribution in [-0.2, 0) is 9.59 Å². The van der Waals surface area contributed by atoms with E-state index in [1.807, 2.05) is 60.7 Å². The molecular weight excluding hydrogens is 756 g/mol. The Morgan fingerprint density at radius 3 is 1.84 bits per heavy atom. The minimum atomic E-state index is -0.781. The van der Waals surface area contributed by atoms with Crippen LogP contribution in [0.1, 0.15) is 56.2 Å². The molecule has 0 unspecified atom stereocenters. The Bertz CT molecular complexity index is 695. The molecule has 0 bridgehead atoms. The van der Waals surface area contributed by atoms with Gasteiger partial charge in [0.25, 0.3) is 0 Å². The van der Waals surface area contributed by atoms with Gasteiger partial charge in [0, 0.05) is 43.8 Å². The molecule has 0 fully saturated rings. The van der Waals surface area contributed by atoms with Crippen molar-refractivity contribution in [1.29, 1.82) is 0 Å². The van der Waals surface area contributed by atoms with Gasteiger partial charge in [-0.2, -0.15) is 0 Å². The number of hydrogen-bond donors (Lipinski definition) is 3. The molecule has 2 aromatic carbocycles. The Morgan fingerprint density at radius 2 is 1.42 bits per heavy atom. The number of carbonyl (C=O) groups excluding carboxylic acids is 1. The number of unbranched alkanes of at least 4 members (excludes halogenated alkanes) is 2. The maximum Gasteiger partial charge on any atom is 0.310 e. The Hall–Kier alpha value is -0.180. The van der Waals surface area contributed by atoms with E-state index in [0.29, 0.717) is 6.54 Å². The molecule has 31 heavy (non-hydrogen) atoms. The quantitative estimate of drug-likeness (QED) is 0.206. The van der Waals surface area contributed by atoms with Crippen molar-refractivity contribution in [3.05, 3.63) is 71.8 Å². The second kappa shape index (κ2) is 23.0. The summed E-state index contributed by atoms with van der Waals surface area (Å²) in [4.78, 5) is 22.2. The largest absolute Gasteiger partial charge is 0.481 e. The molecule has 0 aliphatic heterocycles. The SMILES string of the molecule is CCCCCNC(=O)[C@@H](N)c1ccccc1.C[C@H](C(=O)O)c1ccccc1.Cl.I.II. The maximum absolute atomic E-state index is 11.7. The molecule has 4 N–H and O–H groups in total. The van der Waals surface area contributed by atoms with Crippen LogP contribution in [-0.4, -0.2) is 23.5 Å². The van der Waals surface area contributed by atoms with Crippen molar-refractivity contribution in [2.24, 2.45) is 5.73 Å². The Kier molecular flexibility index (Phi) is 26.3. The summed E-state index contributed by atoms with van der Waals surface area (Å²) >= 11 is 4.24. The van der Waals surface area contributed by atoms with Gasteiger partial charge in [-0.1, -0.05) is 80.4 Å². The Labute approximate surface area is 232 Å². The Balaban J connectivity index is -0.000000462. The van der Waals surface area contributed by atoms with Crippen LogP contribution < -0.4 is 11.1 Å². The van der Waals surface area contributed by atoms with E-state index in [1.165, 1.54) is 0 Å². The van der Waals surface area contributed by atoms with Crippen LogP contribution in [0.4, 0.5) is 0 Å². The zero-order chi connectivity index (χ0) is 22.1. The van der Waals surface area contributed by atoms with Crippen molar-refractivity contribution in [3.8, 4) is 0 Å². The summed E-state index contributed by atoms with van der Waals surface area (Å²) in [6.07, 6.45) is 3.31. The average molecular weight is 789 g/mol. The molecule has 2 aromatic rings. The van der Waals surface area contributed by atoms with Crippen LogP contribution in [0.2, 0.25) is 0 Å². The lowest BCUT2D eigenvalue weighted by atomic mass is 10.0. The van der Waals surface area contributed by atoms with Gasteiger partial charge in [-0.05, 0) is 24.5 Å². The minimum absolute atomic E-state index is 0. The van der Waals surface area contributed by atoms with Gasteiger partial charge < -0.3 is 16.2 Å². The van der Waals surface area contributed by atoms with Crippen molar-refractivity contribution in [2.75, 3.05) is 6.54 Å². The molecule has 0 aromatic heterocycles. The van der Waals surface area contributed by atoms with Gasteiger partial charge in [0.1, 0.15) is 6.04 Å². The second-order valence-corrected chi connectivity index (χ2v) is 6.36. The Morgan fingerprint density at radius 1 is 0.968 bits per heavy atom. The first-order valence-electron chi connectivity index (χ1n) is 9.47. The third-order valence-electron chi connectivity index (χ3n) is 4.19. The number of aliphatic carboxylic acids is 1.